The van der Waals surface area contributed by atoms with Gasteiger partial charge in [0.1, 0.15) is 0 Å². The lowest BCUT2D eigenvalue weighted by Crippen LogP contribution is -2.32. The summed E-state index contributed by atoms with van der Waals surface area (Å²) in [4.78, 5) is 7.16. The van der Waals surface area contributed by atoms with E-state index in [0.717, 1.165) is 10.9 Å². The van der Waals surface area contributed by atoms with Crippen LogP contribution in [0.4, 0.5) is 13.2 Å². The Bertz CT molecular complexity index is 678. The third-order valence-electron chi connectivity index (χ3n) is 3.42. The molecule has 0 aliphatic heterocycles. The first kappa shape index (κ1) is 11.9. The molecule has 1 aliphatic carbocycles. The first-order valence-corrected chi connectivity index (χ1v) is 5.66. The summed E-state index contributed by atoms with van der Waals surface area (Å²) in [5.74, 6) is -1.35. The number of hydrogen-bond acceptors (Lipinski definition) is 4. The van der Waals surface area contributed by atoms with Crippen LogP contribution >= 0.6 is 0 Å². The van der Waals surface area contributed by atoms with E-state index in [1.165, 1.54) is 12.4 Å². The number of rotatable bonds is 1. The number of nitriles is 1. The normalized spacial score (nSPS) is 18.0. The van der Waals surface area contributed by atoms with Crippen molar-refractivity contribution in [1.29, 1.82) is 5.26 Å². The Balaban J connectivity index is 2.09. The maximum atomic E-state index is 12.5. The summed E-state index contributed by atoms with van der Waals surface area (Å²) in [7, 11) is 0. The van der Waals surface area contributed by atoms with Gasteiger partial charge in [-0.2, -0.15) is 23.4 Å². The van der Waals surface area contributed by atoms with Crippen molar-refractivity contribution in [2.24, 2.45) is 0 Å². The van der Waals surface area contributed by atoms with Gasteiger partial charge in [0, 0.05) is 18.0 Å². The molecule has 0 N–H and O–H groups in total. The highest BCUT2D eigenvalue weighted by atomic mass is 19.4. The summed E-state index contributed by atoms with van der Waals surface area (Å²) >= 11 is 0. The number of aromatic nitrogens is 4. The summed E-state index contributed by atoms with van der Waals surface area (Å²) in [6.45, 7) is 0. The molecule has 5 nitrogen and oxygen atoms in total. The average molecular weight is 267 g/mol. The third kappa shape index (κ3) is 1.73. The highest BCUT2D eigenvalue weighted by Gasteiger charge is 2.40. The fourth-order valence-electron chi connectivity index (χ4n) is 2.14. The molecule has 0 amide bonds. The van der Waals surface area contributed by atoms with Crippen LogP contribution in [0.2, 0.25) is 0 Å². The molecule has 2 aromatic heterocycles. The number of hydrogen-bond donors (Lipinski definition) is 0. The van der Waals surface area contributed by atoms with Crippen molar-refractivity contribution in [2.45, 2.75) is 30.9 Å². The minimum Gasteiger partial charge on any atom is -0.219 e. The number of alkyl halides is 3. The molecule has 19 heavy (non-hydrogen) atoms. The van der Waals surface area contributed by atoms with E-state index in [1.807, 2.05) is 0 Å². The molecule has 0 unspecified atom stereocenters. The molecule has 1 fully saturated rings. The smallest absolute Gasteiger partial charge is 0.219 e. The van der Waals surface area contributed by atoms with Crippen LogP contribution in [0.1, 0.15) is 30.7 Å². The van der Waals surface area contributed by atoms with E-state index in [1.54, 1.807) is 0 Å². The van der Waals surface area contributed by atoms with Gasteiger partial charge >= 0.3 is 6.18 Å². The summed E-state index contributed by atoms with van der Waals surface area (Å²) in [5, 5.41) is 12.6. The zero-order chi connectivity index (χ0) is 13.7. The number of fused-ring (bicyclic) bond motifs is 1. The van der Waals surface area contributed by atoms with Crippen LogP contribution in [0, 0.1) is 11.3 Å². The monoisotopic (exact) mass is 267 g/mol. The van der Waals surface area contributed by atoms with Gasteiger partial charge in [-0.15, -0.1) is 5.10 Å². The van der Waals surface area contributed by atoms with Gasteiger partial charge in [0.2, 0.25) is 0 Å². The van der Waals surface area contributed by atoms with Crippen LogP contribution in [0.25, 0.3) is 5.78 Å². The predicted molar refractivity (Wildman–Crippen MR) is 56.9 cm³/mol. The Morgan fingerprint density at radius 1 is 1.37 bits per heavy atom. The first-order chi connectivity index (χ1) is 8.94. The maximum absolute atomic E-state index is 12.5. The molecule has 0 spiro atoms. The van der Waals surface area contributed by atoms with Crippen molar-refractivity contribution in [3.63, 3.8) is 0 Å². The minimum atomic E-state index is -4.60. The lowest BCUT2D eigenvalue weighted by Gasteiger charge is -2.34. The molecule has 0 atom stereocenters. The van der Waals surface area contributed by atoms with Gasteiger partial charge in [0.25, 0.3) is 11.6 Å². The Kier molecular flexibility index (Phi) is 2.29. The van der Waals surface area contributed by atoms with E-state index in [0.29, 0.717) is 18.4 Å². The molecule has 1 aliphatic rings. The molecular formula is C11H8F3N5. The molecule has 3 rings (SSSR count). The molecule has 98 valence electrons. The van der Waals surface area contributed by atoms with Crippen molar-refractivity contribution in [1.82, 2.24) is 19.6 Å². The molecule has 1 saturated carbocycles. The van der Waals surface area contributed by atoms with Crippen molar-refractivity contribution >= 4 is 5.78 Å². The topological polar surface area (TPSA) is 66.9 Å². The van der Waals surface area contributed by atoms with Crippen molar-refractivity contribution in [3.8, 4) is 6.07 Å². The Morgan fingerprint density at radius 3 is 2.63 bits per heavy atom. The summed E-state index contributed by atoms with van der Waals surface area (Å²) in [6, 6.07) is 2.21. The van der Waals surface area contributed by atoms with E-state index in [2.05, 4.69) is 21.1 Å². The Morgan fingerprint density at radius 2 is 2.11 bits per heavy atom. The SMILES string of the molecule is N#CC1(c2cnc3nc(C(F)(F)F)nn3c2)CCC1. The van der Waals surface area contributed by atoms with Crippen molar-refractivity contribution < 1.29 is 13.2 Å². The molecule has 2 heterocycles. The van der Waals surface area contributed by atoms with Crippen LogP contribution in [-0.2, 0) is 11.6 Å². The molecular weight excluding hydrogens is 259 g/mol. The second-order valence-electron chi connectivity index (χ2n) is 4.57. The van der Waals surface area contributed by atoms with Gasteiger partial charge in [-0.3, -0.25) is 0 Å². The van der Waals surface area contributed by atoms with Crippen molar-refractivity contribution in [2.75, 3.05) is 0 Å². The predicted octanol–water partition coefficient (Wildman–Crippen LogP) is 2.09. The highest BCUT2D eigenvalue weighted by Crippen LogP contribution is 2.42. The van der Waals surface area contributed by atoms with Gasteiger partial charge in [0.15, 0.2) is 0 Å². The van der Waals surface area contributed by atoms with Gasteiger partial charge in [-0.25, -0.2) is 9.50 Å². The van der Waals surface area contributed by atoms with Gasteiger partial charge in [-0.05, 0) is 19.3 Å². The van der Waals surface area contributed by atoms with Crippen LogP contribution in [0.15, 0.2) is 12.4 Å². The van der Waals surface area contributed by atoms with E-state index in [-0.39, 0.29) is 5.78 Å². The summed E-state index contributed by atoms with van der Waals surface area (Å²) in [5.41, 5.74) is -0.0432. The zero-order valence-electron chi connectivity index (χ0n) is 9.65. The number of halogens is 3. The van der Waals surface area contributed by atoms with Crippen molar-refractivity contribution in [3.05, 3.63) is 23.8 Å². The van der Waals surface area contributed by atoms with E-state index >= 15 is 0 Å². The zero-order valence-corrected chi connectivity index (χ0v) is 9.65. The Hall–Kier alpha value is -2.17. The van der Waals surface area contributed by atoms with Crippen LogP contribution < -0.4 is 0 Å². The van der Waals surface area contributed by atoms with E-state index in [4.69, 9.17) is 0 Å². The largest absolute Gasteiger partial charge is 0.453 e. The summed E-state index contributed by atoms with van der Waals surface area (Å²) in [6.07, 6.45) is 0.530. The lowest BCUT2D eigenvalue weighted by atomic mass is 9.66. The van der Waals surface area contributed by atoms with Gasteiger partial charge < -0.3 is 0 Å². The molecule has 8 heteroatoms. The third-order valence-corrected chi connectivity index (χ3v) is 3.42. The highest BCUT2D eigenvalue weighted by molar-refractivity contribution is 5.36. The quantitative estimate of drug-likeness (QED) is 0.793. The second kappa shape index (κ2) is 3.66. The van der Waals surface area contributed by atoms with Gasteiger partial charge in [0.05, 0.1) is 11.5 Å². The average Bonchev–Trinajstić information content (AvgIpc) is 2.71. The Labute approximate surface area is 105 Å². The van der Waals surface area contributed by atoms with E-state index in [9.17, 15) is 18.4 Å². The van der Waals surface area contributed by atoms with E-state index < -0.39 is 17.4 Å². The first-order valence-electron chi connectivity index (χ1n) is 5.66. The fourth-order valence-corrected chi connectivity index (χ4v) is 2.14. The van der Waals surface area contributed by atoms with Gasteiger partial charge in [-0.1, -0.05) is 0 Å². The standard InChI is InChI=1S/C11H8F3N5/c12-11(13,14)8-17-9-16-4-7(5-19(9)18-8)10(6-15)2-1-3-10/h4-5H,1-3H2. The van der Waals surface area contributed by atoms with Crippen LogP contribution in [0.5, 0.6) is 0 Å². The molecule has 0 radical (unpaired) electrons. The number of nitrogens with zero attached hydrogens (tertiary/aromatic N) is 5. The molecule has 0 bridgehead atoms. The molecule has 0 saturated heterocycles. The maximum Gasteiger partial charge on any atom is 0.453 e. The lowest BCUT2D eigenvalue weighted by molar-refractivity contribution is -0.144. The minimum absolute atomic E-state index is 0.122. The molecule has 0 aromatic carbocycles. The molecule has 2 aromatic rings. The van der Waals surface area contributed by atoms with Crippen LogP contribution in [0.3, 0.4) is 0 Å². The fraction of sp³-hybridized carbons (Fsp3) is 0.455. The van der Waals surface area contributed by atoms with Crippen LogP contribution in [-0.4, -0.2) is 19.6 Å². The second-order valence-corrected chi connectivity index (χ2v) is 4.57. The summed E-state index contributed by atoms with van der Waals surface area (Å²) < 4.78 is 38.4.